The normalized spacial score (nSPS) is 14.0. The first kappa shape index (κ1) is 22.0. The van der Waals surface area contributed by atoms with Crippen molar-refractivity contribution in [1.29, 1.82) is 0 Å². The summed E-state index contributed by atoms with van der Waals surface area (Å²) in [6, 6.07) is 0. The molecule has 0 heterocycles. The molecule has 0 aliphatic rings. The number of alkyl carbamates (subject to hydrolysis) is 1. The summed E-state index contributed by atoms with van der Waals surface area (Å²) < 4.78 is 5.20. The predicted molar refractivity (Wildman–Crippen MR) is 98.6 cm³/mol. The first-order valence-electron chi connectivity index (χ1n) is 7.49. The number of nitrogens with one attached hydrogen (secondary N) is 1. The lowest BCUT2D eigenvalue weighted by Gasteiger charge is -2.20. The van der Waals surface area contributed by atoms with Gasteiger partial charge in [0.1, 0.15) is 5.60 Å². The third kappa shape index (κ3) is 8.02. The lowest BCUT2D eigenvalue weighted by molar-refractivity contribution is -0.112. The van der Waals surface area contributed by atoms with Crippen molar-refractivity contribution in [1.82, 2.24) is 5.32 Å². The molecule has 0 aliphatic carbocycles. The van der Waals surface area contributed by atoms with Crippen molar-refractivity contribution in [3.8, 4) is 0 Å². The summed E-state index contributed by atoms with van der Waals surface area (Å²) >= 11 is 5.76. The van der Waals surface area contributed by atoms with Crippen LogP contribution in [0, 0.1) is 0 Å². The second-order valence-corrected chi connectivity index (χ2v) is 6.73. The van der Waals surface area contributed by atoms with Gasteiger partial charge in [-0.2, -0.15) is 0 Å². The molecule has 0 atom stereocenters. The average molecular weight is 355 g/mol. The van der Waals surface area contributed by atoms with Crippen LogP contribution in [-0.4, -0.2) is 23.4 Å². The summed E-state index contributed by atoms with van der Waals surface area (Å²) in [5.74, 6) is -0.195. The van der Waals surface area contributed by atoms with Crippen LogP contribution in [0.15, 0.2) is 46.8 Å². The molecule has 3 N–H and O–H groups in total. The van der Waals surface area contributed by atoms with Gasteiger partial charge >= 0.3 is 6.09 Å². The molecule has 1 amide bonds. The Bertz CT molecular complexity index is 604. The van der Waals surface area contributed by atoms with E-state index in [9.17, 15) is 9.59 Å². The molecule has 134 valence electrons. The van der Waals surface area contributed by atoms with E-state index in [2.05, 4.69) is 11.9 Å². The van der Waals surface area contributed by atoms with Gasteiger partial charge in [-0.15, -0.1) is 11.6 Å². The lowest BCUT2D eigenvalue weighted by Crippen LogP contribution is -2.32. The smallest absolute Gasteiger partial charge is 0.412 e. The van der Waals surface area contributed by atoms with Gasteiger partial charge in [0.15, 0.2) is 5.78 Å². The molecule has 0 fully saturated rings. The monoisotopic (exact) mass is 354 g/mol. The van der Waals surface area contributed by atoms with Gasteiger partial charge in [0, 0.05) is 17.0 Å². The maximum Gasteiger partial charge on any atom is 0.412 e. The quantitative estimate of drug-likeness (QED) is 0.429. The average Bonchev–Trinajstić information content (AvgIpc) is 2.40. The molecule has 24 heavy (non-hydrogen) atoms. The van der Waals surface area contributed by atoms with Crippen molar-refractivity contribution in [2.45, 2.75) is 47.1 Å². The molecule has 0 unspecified atom stereocenters. The molecule has 0 bridgehead atoms. The highest BCUT2D eigenvalue weighted by atomic mass is 35.5. The minimum absolute atomic E-state index is 0.0412. The second kappa shape index (κ2) is 9.33. The fourth-order valence-electron chi connectivity index (χ4n) is 1.57. The Morgan fingerprint density at radius 1 is 1.21 bits per heavy atom. The molecule has 0 aromatic heterocycles. The van der Waals surface area contributed by atoms with E-state index >= 15 is 0 Å². The highest BCUT2D eigenvalue weighted by Crippen LogP contribution is 2.13. The molecule has 0 aromatic rings. The molecular formula is C18H27ClN2O3. The Labute approximate surface area is 149 Å². The van der Waals surface area contributed by atoms with Crippen molar-refractivity contribution < 1.29 is 14.3 Å². The van der Waals surface area contributed by atoms with Crippen LogP contribution < -0.4 is 11.1 Å². The minimum Gasteiger partial charge on any atom is -0.444 e. The predicted octanol–water partition coefficient (Wildman–Crippen LogP) is 3.96. The highest BCUT2D eigenvalue weighted by Gasteiger charge is 2.17. The van der Waals surface area contributed by atoms with Crippen LogP contribution in [0.5, 0.6) is 0 Å². The Morgan fingerprint density at radius 3 is 2.12 bits per heavy atom. The first-order chi connectivity index (χ1) is 10.9. The molecule has 0 radical (unpaired) electrons. The van der Waals surface area contributed by atoms with Crippen molar-refractivity contribution in [3.63, 3.8) is 0 Å². The molecule has 0 aliphatic heterocycles. The lowest BCUT2D eigenvalue weighted by atomic mass is 10.0. The number of allylic oxidation sites excluding steroid dienone is 6. The van der Waals surface area contributed by atoms with Gasteiger partial charge in [0.2, 0.25) is 0 Å². The van der Waals surface area contributed by atoms with E-state index < -0.39 is 11.7 Å². The number of hydrogen-bond acceptors (Lipinski definition) is 4. The van der Waals surface area contributed by atoms with Gasteiger partial charge in [-0.25, -0.2) is 4.79 Å². The van der Waals surface area contributed by atoms with E-state index in [-0.39, 0.29) is 11.7 Å². The van der Waals surface area contributed by atoms with Gasteiger partial charge in [0.05, 0.1) is 5.88 Å². The fraction of sp³-hybridized carbons (Fsp3) is 0.444. The third-order valence-corrected chi connectivity index (χ3v) is 3.10. The number of nitrogens with two attached hydrogens (primary N) is 1. The molecule has 0 saturated carbocycles. The molecule has 0 rings (SSSR count). The highest BCUT2D eigenvalue weighted by molar-refractivity contribution is 6.24. The minimum atomic E-state index is -0.606. The Hall–Kier alpha value is -2.01. The molecular weight excluding hydrogens is 328 g/mol. The number of hydrogen-bond donors (Lipinski definition) is 2. The van der Waals surface area contributed by atoms with Gasteiger partial charge in [-0.3, -0.25) is 10.1 Å². The van der Waals surface area contributed by atoms with E-state index in [4.69, 9.17) is 22.1 Å². The van der Waals surface area contributed by atoms with Gasteiger partial charge < -0.3 is 10.5 Å². The number of ketones is 1. The summed E-state index contributed by atoms with van der Waals surface area (Å²) in [5, 5.41) is 2.62. The summed E-state index contributed by atoms with van der Waals surface area (Å²) in [4.78, 5) is 24.1. The van der Waals surface area contributed by atoms with Crippen LogP contribution in [0.2, 0.25) is 0 Å². The van der Waals surface area contributed by atoms with E-state index in [1.165, 1.54) is 0 Å². The number of rotatable bonds is 6. The zero-order chi connectivity index (χ0) is 19.1. The summed E-state index contributed by atoms with van der Waals surface area (Å²) in [5.41, 5.74) is 7.32. The van der Waals surface area contributed by atoms with E-state index in [0.717, 1.165) is 0 Å². The number of Topliss-reactive ketones (excluding diaryl/α,β-unsaturated/α-hetero) is 1. The standard InChI is InChI=1S/C18H27ClN2O3/c1-11(2)15(21-17(23)24-18(5,6)7)9-8-12(3)16(22)14(10-19)13(4)20/h8-9H,1,10,20H2,2-7H3,(H,21,23)/b12-8+,14-13-,15-9+. The maximum absolute atomic E-state index is 12.3. The van der Waals surface area contributed by atoms with Crippen molar-refractivity contribution in [3.05, 3.63) is 46.8 Å². The molecule has 0 saturated heterocycles. The van der Waals surface area contributed by atoms with Crippen molar-refractivity contribution in [2.75, 3.05) is 5.88 Å². The van der Waals surface area contributed by atoms with E-state index in [1.54, 1.807) is 53.7 Å². The number of amides is 1. The van der Waals surface area contributed by atoms with Crippen LogP contribution in [0.4, 0.5) is 4.79 Å². The largest absolute Gasteiger partial charge is 0.444 e. The van der Waals surface area contributed by atoms with Crippen LogP contribution >= 0.6 is 11.6 Å². The van der Waals surface area contributed by atoms with E-state index in [1.807, 2.05) is 0 Å². The molecule has 0 aromatic carbocycles. The Balaban J connectivity index is 5.35. The zero-order valence-corrected chi connectivity index (χ0v) is 16.0. The number of carbonyl (C=O) groups excluding carboxylic acids is 2. The maximum atomic E-state index is 12.3. The fourth-order valence-corrected chi connectivity index (χ4v) is 1.90. The second-order valence-electron chi connectivity index (χ2n) is 6.46. The SMILES string of the molecule is C=C(C)/C(=C\C=C(/C)C(=O)/C(CCl)=C(/C)N)NC(=O)OC(C)(C)C. The summed E-state index contributed by atoms with van der Waals surface area (Å²) in [6.07, 6.45) is 2.59. The summed E-state index contributed by atoms with van der Waals surface area (Å²) in [6.45, 7) is 14.1. The Kier molecular flexibility index (Phi) is 8.54. The first-order valence-corrected chi connectivity index (χ1v) is 8.02. The summed E-state index contributed by atoms with van der Waals surface area (Å²) in [7, 11) is 0. The van der Waals surface area contributed by atoms with E-state index in [0.29, 0.717) is 28.1 Å². The van der Waals surface area contributed by atoms with Crippen LogP contribution in [0.25, 0.3) is 0 Å². The zero-order valence-electron chi connectivity index (χ0n) is 15.2. The number of halogens is 1. The number of ether oxygens (including phenoxy) is 1. The van der Waals surface area contributed by atoms with Crippen LogP contribution in [0.3, 0.4) is 0 Å². The van der Waals surface area contributed by atoms with Crippen LogP contribution in [0.1, 0.15) is 41.5 Å². The van der Waals surface area contributed by atoms with Crippen molar-refractivity contribution in [2.24, 2.45) is 5.73 Å². The van der Waals surface area contributed by atoms with Crippen molar-refractivity contribution >= 4 is 23.5 Å². The number of alkyl halides is 1. The topological polar surface area (TPSA) is 81.4 Å². The Morgan fingerprint density at radius 2 is 1.75 bits per heavy atom. The molecule has 5 nitrogen and oxygen atoms in total. The number of carbonyl (C=O) groups is 2. The van der Waals surface area contributed by atoms with Gasteiger partial charge in [-0.05, 0) is 58.8 Å². The van der Waals surface area contributed by atoms with Gasteiger partial charge in [-0.1, -0.05) is 12.7 Å². The van der Waals surface area contributed by atoms with Gasteiger partial charge in [0.25, 0.3) is 0 Å². The molecule has 0 spiro atoms. The third-order valence-electron chi connectivity index (χ3n) is 2.84. The van der Waals surface area contributed by atoms with Crippen LogP contribution in [-0.2, 0) is 9.53 Å². The molecule has 6 heteroatoms.